The van der Waals surface area contributed by atoms with Crippen molar-refractivity contribution in [3.8, 4) is 11.1 Å². The van der Waals surface area contributed by atoms with Gasteiger partial charge in [-0.25, -0.2) is 4.79 Å². The maximum atomic E-state index is 12.1. The van der Waals surface area contributed by atoms with Crippen molar-refractivity contribution in [1.82, 2.24) is 16.2 Å². The largest absolute Gasteiger partial charge is 0.479 e. The molecule has 35 heavy (non-hydrogen) atoms. The van der Waals surface area contributed by atoms with Crippen LogP contribution in [0.25, 0.3) is 11.1 Å². The van der Waals surface area contributed by atoms with Crippen molar-refractivity contribution in [3.05, 3.63) is 83.3 Å². The maximum absolute atomic E-state index is 12.1. The van der Waals surface area contributed by atoms with Gasteiger partial charge in [-0.3, -0.25) is 25.2 Å². The van der Waals surface area contributed by atoms with E-state index in [2.05, 4.69) is 5.32 Å². The first-order valence-corrected chi connectivity index (χ1v) is 10.8. The maximum Gasteiger partial charge on any atom is 0.340 e. The molecule has 3 rings (SSSR count). The van der Waals surface area contributed by atoms with Gasteiger partial charge >= 0.3 is 23.7 Å². The molecule has 0 spiro atoms. The Morgan fingerprint density at radius 3 is 2.26 bits per heavy atom. The Bertz CT molecular complexity index is 1230. The fraction of sp³-hybridized carbons (Fsp3) is 0.167. The highest BCUT2D eigenvalue weighted by molar-refractivity contribution is 6.35. The zero-order valence-corrected chi connectivity index (χ0v) is 19.2. The fourth-order valence-corrected chi connectivity index (χ4v) is 3.62. The van der Waals surface area contributed by atoms with Crippen LogP contribution in [0.1, 0.15) is 29.5 Å². The molecule has 3 aromatic rings. The fourth-order valence-electron chi connectivity index (χ4n) is 3.37. The molecule has 0 saturated heterocycles. The van der Waals surface area contributed by atoms with Gasteiger partial charge in [-0.1, -0.05) is 54.1 Å². The number of aliphatic carboxylic acids is 1. The number of carboxylic acids is 1. The van der Waals surface area contributed by atoms with E-state index in [1.165, 1.54) is 37.5 Å². The number of amides is 3. The summed E-state index contributed by atoms with van der Waals surface area (Å²) < 4.78 is 4.86. The standard InChI is InChI=1S/C24H22ClN3O7/c1-14(26-21(30)22(31)28-27-20(29)19-7-4-12-35-19)13-24(34,23(32)33)16-10-8-15(9-11-16)17-5-2-3-6-18(17)25/h2-12,14,34H,13H2,1H3,(H,26,30)(H,27,29)(H,28,31)(H,32,33). The number of hydrogen-bond acceptors (Lipinski definition) is 6. The number of aliphatic hydroxyl groups is 1. The summed E-state index contributed by atoms with van der Waals surface area (Å²) in [7, 11) is 0. The van der Waals surface area contributed by atoms with E-state index in [1.54, 1.807) is 30.3 Å². The molecule has 10 nitrogen and oxygen atoms in total. The van der Waals surface area contributed by atoms with Crippen LogP contribution >= 0.6 is 11.6 Å². The van der Waals surface area contributed by atoms with Crippen LogP contribution in [-0.2, 0) is 20.0 Å². The lowest BCUT2D eigenvalue weighted by molar-refractivity contribution is -0.161. The van der Waals surface area contributed by atoms with Crippen LogP contribution < -0.4 is 16.2 Å². The first-order valence-electron chi connectivity index (χ1n) is 10.4. The van der Waals surface area contributed by atoms with E-state index in [0.29, 0.717) is 5.02 Å². The van der Waals surface area contributed by atoms with Crippen molar-refractivity contribution in [2.45, 2.75) is 25.0 Å². The number of benzene rings is 2. The van der Waals surface area contributed by atoms with Crippen LogP contribution in [0.15, 0.2) is 71.3 Å². The van der Waals surface area contributed by atoms with Gasteiger partial charge in [0.15, 0.2) is 11.4 Å². The first kappa shape index (κ1) is 25.5. The van der Waals surface area contributed by atoms with Crippen molar-refractivity contribution in [2.75, 3.05) is 0 Å². The molecule has 182 valence electrons. The Balaban J connectivity index is 1.64. The van der Waals surface area contributed by atoms with E-state index >= 15 is 0 Å². The Kier molecular flexibility index (Phi) is 7.90. The molecule has 11 heteroatoms. The van der Waals surface area contributed by atoms with E-state index in [9.17, 15) is 29.4 Å². The monoisotopic (exact) mass is 499 g/mol. The quantitative estimate of drug-likeness (QED) is 0.246. The minimum Gasteiger partial charge on any atom is -0.479 e. The molecule has 1 heterocycles. The molecule has 2 atom stereocenters. The van der Waals surface area contributed by atoms with Gasteiger partial charge in [0.25, 0.3) is 0 Å². The smallest absolute Gasteiger partial charge is 0.340 e. The summed E-state index contributed by atoms with van der Waals surface area (Å²) in [4.78, 5) is 47.8. The van der Waals surface area contributed by atoms with Gasteiger partial charge < -0.3 is 19.9 Å². The van der Waals surface area contributed by atoms with Gasteiger partial charge in [0.2, 0.25) is 0 Å². The number of carbonyl (C=O) groups excluding carboxylic acids is 3. The van der Waals surface area contributed by atoms with Crippen LogP contribution in [0.5, 0.6) is 0 Å². The minimum absolute atomic E-state index is 0.0776. The van der Waals surface area contributed by atoms with E-state index in [1.807, 2.05) is 16.9 Å². The number of carbonyl (C=O) groups is 4. The number of halogens is 1. The summed E-state index contributed by atoms with van der Waals surface area (Å²) in [6.07, 6.45) is 0.824. The molecule has 1 aromatic heterocycles. The number of furan rings is 1. The number of nitrogens with one attached hydrogen (secondary N) is 3. The highest BCUT2D eigenvalue weighted by Crippen LogP contribution is 2.32. The normalized spacial score (nSPS) is 13.2. The third-order valence-corrected chi connectivity index (χ3v) is 5.45. The average Bonchev–Trinajstić information content (AvgIpc) is 3.37. The van der Waals surface area contributed by atoms with Crippen LogP contribution in [-0.4, -0.2) is 39.9 Å². The molecule has 2 aromatic carbocycles. The SMILES string of the molecule is CC(CC(O)(C(=O)O)c1ccc(-c2ccccc2Cl)cc1)NC(=O)C(=O)NNC(=O)c1ccco1. The lowest BCUT2D eigenvalue weighted by Gasteiger charge is -2.27. The van der Waals surface area contributed by atoms with E-state index in [-0.39, 0.29) is 11.3 Å². The number of hydrazine groups is 1. The van der Waals surface area contributed by atoms with Crippen LogP contribution in [0, 0.1) is 0 Å². The molecule has 3 amide bonds. The molecule has 0 saturated carbocycles. The highest BCUT2D eigenvalue weighted by Gasteiger charge is 2.40. The van der Waals surface area contributed by atoms with Gasteiger partial charge in [-0.05, 0) is 36.2 Å². The highest BCUT2D eigenvalue weighted by atomic mass is 35.5. The lowest BCUT2D eigenvalue weighted by atomic mass is 9.86. The second-order valence-corrected chi connectivity index (χ2v) is 8.09. The summed E-state index contributed by atoms with van der Waals surface area (Å²) in [5.74, 6) is -4.71. The second-order valence-electron chi connectivity index (χ2n) is 7.69. The summed E-state index contributed by atoms with van der Waals surface area (Å²) in [6, 6.07) is 15.2. The summed E-state index contributed by atoms with van der Waals surface area (Å²) in [6.45, 7) is 1.43. The predicted molar refractivity (Wildman–Crippen MR) is 125 cm³/mol. The minimum atomic E-state index is -2.35. The van der Waals surface area contributed by atoms with E-state index in [0.717, 1.165) is 11.1 Å². The van der Waals surface area contributed by atoms with Crippen molar-refractivity contribution in [1.29, 1.82) is 0 Å². The van der Waals surface area contributed by atoms with Gasteiger partial charge in [-0.2, -0.15) is 0 Å². The molecule has 0 radical (unpaired) electrons. The summed E-state index contributed by atoms with van der Waals surface area (Å²) in [5, 5.41) is 23.5. The van der Waals surface area contributed by atoms with E-state index in [4.69, 9.17) is 16.0 Å². The van der Waals surface area contributed by atoms with E-state index < -0.39 is 41.8 Å². The van der Waals surface area contributed by atoms with Crippen molar-refractivity contribution in [3.63, 3.8) is 0 Å². The Morgan fingerprint density at radius 1 is 0.971 bits per heavy atom. The van der Waals surface area contributed by atoms with Crippen molar-refractivity contribution >= 4 is 35.3 Å². The molecule has 0 aliphatic carbocycles. The summed E-state index contributed by atoms with van der Waals surface area (Å²) in [5.41, 5.74) is 3.12. The second kappa shape index (κ2) is 10.9. The molecule has 0 bridgehead atoms. The van der Waals surface area contributed by atoms with Crippen molar-refractivity contribution < 1.29 is 33.8 Å². The third-order valence-electron chi connectivity index (χ3n) is 5.12. The van der Waals surface area contributed by atoms with Crippen LogP contribution in [0.3, 0.4) is 0 Å². The summed E-state index contributed by atoms with van der Waals surface area (Å²) >= 11 is 6.20. The van der Waals surface area contributed by atoms with Crippen LogP contribution in [0.4, 0.5) is 0 Å². The first-order chi connectivity index (χ1) is 16.6. The number of rotatable bonds is 7. The number of carboxylic acid groups (broad SMARTS) is 1. The third kappa shape index (κ3) is 6.05. The van der Waals surface area contributed by atoms with Gasteiger partial charge in [0.05, 0.1) is 6.26 Å². The lowest BCUT2D eigenvalue weighted by Crippen LogP contribution is -2.51. The molecular formula is C24H22ClN3O7. The van der Waals surface area contributed by atoms with Crippen molar-refractivity contribution in [2.24, 2.45) is 0 Å². The van der Waals surface area contributed by atoms with Gasteiger partial charge in [0, 0.05) is 23.0 Å². The zero-order valence-electron chi connectivity index (χ0n) is 18.4. The predicted octanol–water partition coefficient (Wildman–Crippen LogP) is 2.23. The molecule has 5 N–H and O–H groups in total. The van der Waals surface area contributed by atoms with Gasteiger partial charge in [0.1, 0.15) is 0 Å². The Labute approximate surface area is 204 Å². The molecule has 2 unspecified atom stereocenters. The zero-order chi connectivity index (χ0) is 25.6. The number of hydrogen-bond donors (Lipinski definition) is 5. The molecule has 0 aliphatic rings. The topological polar surface area (TPSA) is 158 Å². The molecule has 0 aliphatic heterocycles. The van der Waals surface area contributed by atoms with Gasteiger partial charge in [-0.15, -0.1) is 0 Å². The molecule has 0 fully saturated rings. The average molecular weight is 500 g/mol. The molecular weight excluding hydrogens is 478 g/mol. The van der Waals surface area contributed by atoms with Crippen LogP contribution in [0.2, 0.25) is 5.02 Å². The Morgan fingerprint density at radius 2 is 1.66 bits per heavy atom. The Hall–Kier alpha value is -4.15.